The Morgan fingerprint density at radius 1 is 1.20 bits per heavy atom. The van der Waals surface area contributed by atoms with Crippen LogP contribution in [-0.4, -0.2) is 47.0 Å². The van der Waals surface area contributed by atoms with Gasteiger partial charge in [0, 0.05) is 11.0 Å². The summed E-state index contributed by atoms with van der Waals surface area (Å²) < 4.78 is 10.8. The zero-order valence-corrected chi connectivity index (χ0v) is 16.7. The normalized spacial score (nSPS) is 13.9. The zero-order chi connectivity index (χ0) is 19.3. The molecule has 0 radical (unpaired) electrons. The van der Waals surface area contributed by atoms with Gasteiger partial charge in [0.05, 0.1) is 13.7 Å². The fourth-order valence-electron chi connectivity index (χ4n) is 2.03. The SMILES string of the molecule is COC(=O)C(C)(O)CN(Cc1ccc(Br)cc1)NC(=O)OC(C)(C)C. The first-order chi connectivity index (χ1) is 11.4. The van der Waals surface area contributed by atoms with Crippen molar-refractivity contribution in [2.45, 2.75) is 45.4 Å². The molecule has 25 heavy (non-hydrogen) atoms. The third-order valence-corrected chi connectivity index (χ3v) is 3.59. The first-order valence-electron chi connectivity index (χ1n) is 7.73. The highest BCUT2D eigenvalue weighted by atomic mass is 79.9. The van der Waals surface area contributed by atoms with Gasteiger partial charge in [0.25, 0.3) is 0 Å². The van der Waals surface area contributed by atoms with E-state index in [1.165, 1.54) is 19.0 Å². The molecule has 1 rings (SSSR count). The summed E-state index contributed by atoms with van der Waals surface area (Å²) in [5.74, 6) is -0.792. The van der Waals surface area contributed by atoms with E-state index in [9.17, 15) is 14.7 Å². The van der Waals surface area contributed by atoms with Crippen molar-refractivity contribution in [3.63, 3.8) is 0 Å². The molecule has 0 aromatic heterocycles. The molecule has 0 bridgehead atoms. The van der Waals surface area contributed by atoms with Gasteiger partial charge >= 0.3 is 12.1 Å². The van der Waals surface area contributed by atoms with Gasteiger partial charge in [-0.1, -0.05) is 28.1 Å². The van der Waals surface area contributed by atoms with Crippen LogP contribution in [0.25, 0.3) is 0 Å². The second kappa shape index (κ2) is 8.64. The van der Waals surface area contributed by atoms with Gasteiger partial charge in [0.2, 0.25) is 0 Å². The van der Waals surface area contributed by atoms with Crippen molar-refractivity contribution in [1.29, 1.82) is 0 Å². The molecule has 2 N–H and O–H groups in total. The van der Waals surface area contributed by atoms with Gasteiger partial charge in [0.15, 0.2) is 5.60 Å². The average Bonchev–Trinajstić information content (AvgIpc) is 2.46. The Bertz CT molecular complexity index is 596. The third-order valence-electron chi connectivity index (χ3n) is 3.06. The molecule has 0 spiro atoms. The summed E-state index contributed by atoms with van der Waals surface area (Å²) in [7, 11) is 1.19. The number of benzene rings is 1. The van der Waals surface area contributed by atoms with E-state index >= 15 is 0 Å². The maximum atomic E-state index is 12.1. The van der Waals surface area contributed by atoms with Crippen molar-refractivity contribution in [2.75, 3.05) is 13.7 Å². The molecule has 8 heteroatoms. The van der Waals surface area contributed by atoms with Gasteiger partial charge in [-0.25, -0.2) is 14.6 Å². The van der Waals surface area contributed by atoms with Gasteiger partial charge in [-0.3, -0.25) is 5.43 Å². The van der Waals surface area contributed by atoms with Gasteiger partial charge in [-0.2, -0.15) is 0 Å². The molecule has 0 saturated heterocycles. The molecule has 140 valence electrons. The Kier molecular flexibility index (Phi) is 7.40. The molecule has 0 aliphatic rings. The lowest BCUT2D eigenvalue weighted by Crippen LogP contribution is -2.53. The number of carbonyl (C=O) groups is 2. The molecule has 0 heterocycles. The van der Waals surface area contributed by atoms with Gasteiger partial charge in [-0.05, 0) is 45.4 Å². The van der Waals surface area contributed by atoms with Crippen molar-refractivity contribution >= 4 is 28.0 Å². The number of carbonyl (C=O) groups excluding carboxylic acids is 2. The Balaban J connectivity index is 2.91. The second-order valence-corrected chi connectivity index (χ2v) is 7.78. The predicted octanol–water partition coefficient (Wildman–Crippen LogP) is 2.61. The summed E-state index contributed by atoms with van der Waals surface area (Å²) in [5.41, 5.74) is 0.978. The van der Waals surface area contributed by atoms with Gasteiger partial charge in [0.1, 0.15) is 5.60 Å². The van der Waals surface area contributed by atoms with Gasteiger partial charge < -0.3 is 14.6 Å². The first-order valence-corrected chi connectivity index (χ1v) is 8.52. The van der Waals surface area contributed by atoms with Crippen LogP contribution < -0.4 is 5.43 Å². The molecule has 0 fully saturated rings. The lowest BCUT2D eigenvalue weighted by Gasteiger charge is -2.31. The Morgan fingerprint density at radius 3 is 2.24 bits per heavy atom. The fourth-order valence-corrected chi connectivity index (χ4v) is 2.30. The quantitative estimate of drug-likeness (QED) is 0.547. The van der Waals surface area contributed by atoms with E-state index in [2.05, 4.69) is 26.1 Å². The first kappa shape index (κ1) is 21.4. The Labute approximate surface area is 156 Å². The second-order valence-electron chi connectivity index (χ2n) is 6.86. The smallest absolute Gasteiger partial charge is 0.422 e. The van der Waals surface area contributed by atoms with Crippen LogP contribution in [0.15, 0.2) is 28.7 Å². The third kappa shape index (κ3) is 7.85. The Morgan fingerprint density at radius 2 is 1.76 bits per heavy atom. The number of halogens is 1. The van der Waals surface area contributed by atoms with E-state index in [-0.39, 0.29) is 13.1 Å². The molecule has 1 unspecified atom stereocenters. The van der Waals surface area contributed by atoms with Crippen LogP contribution in [0.5, 0.6) is 0 Å². The summed E-state index contributed by atoms with van der Waals surface area (Å²) in [5, 5.41) is 11.7. The van der Waals surface area contributed by atoms with Crippen molar-refractivity contribution in [3.8, 4) is 0 Å². The number of rotatable bonds is 6. The number of methoxy groups -OCH3 is 1. The molecule has 1 aromatic rings. The molecular weight excluding hydrogens is 392 g/mol. The number of aliphatic hydroxyl groups is 1. The highest BCUT2D eigenvalue weighted by molar-refractivity contribution is 9.10. The number of nitrogens with zero attached hydrogens (tertiary/aromatic N) is 1. The standard InChI is InChI=1S/C17H25BrN2O5/c1-16(2,3)25-15(22)19-20(11-17(4,23)14(21)24-5)10-12-6-8-13(18)9-7-12/h6-9,23H,10-11H2,1-5H3,(H,19,22). The van der Waals surface area contributed by atoms with E-state index in [0.717, 1.165) is 10.0 Å². The topological polar surface area (TPSA) is 88.1 Å². The molecule has 1 aromatic carbocycles. The summed E-state index contributed by atoms with van der Waals surface area (Å²) in [6.45, 7) is 6.65. The van der Waals surface area contributed by atoms with Crippen LogP contribution in [0.1, 0.15) is 33.3 Å². The van der Waals surface area contributed by atoms with Crippen LogP contribution in [0.3, 0.4) is 0 Å². The highest BCUT2D eigenvalue weighted by Gasteiger charge is 2.34. The van der Waals surface area contributed by atoms with Crippen LogP contribution in [0.4, 0.5) is 4.79 Å². The van der Waals surface area contributed by atoms with Crippen LogP contribution in [0, 0.1) is 0 Å². The van der Waals surface area contributed by atoms with Crippen molar-refractivity contribution in [3.05, 3.63) is 34.3 Å². The van der Waals surface area contributed by atoms with E-state index in [0.29, 0.717) is 0 Å². The number of amides is 1. The van der Waals surface area contributed by atoms with E-state index < -0.39 is 23.3 Å². The van der Waals surface area contributed by atoms with E-state index in [1.807, 2.05) is 24.3 Å². The van der Waals surface area contributed by atoms with E-state index in [4.69, 9.17) is 4.74 Å². The number of hydrogen-bond acceptors (Lipinski definition) is 6. The predicted molar refractivity (Wildman–Crippen MR) is 96.6 cm³/mol. The Hall–Kier alpha value is -1.64. The number of esters is 1. The van der Waals surface area contributed by atoms with Crippen LogP contribution in [-0.2, 0) is 20.8 Å². The van der Waals surface area contributed by atoms with Crippen molar-refractivity contribution < 1.29 is 24.2 Å². The minimum Gasteiger partial charge on any atom is -0.467 e. The molecule has 0 aliphatic carbocycles. The van der Waals surface area contributed by atoms with Crippen LogP contribution >= 0.6 is 15.9 Å². The minimum absolute atomic E-state index is 0.172. The summed E-state index contributed by atoms with van der Waals surface area (Å²) in [6.07, 6.45) is -0.676. The largest absolute Gasteiger partial charge is 0.467 e. The molecule has 0 saturated carbocycles. The fraction of sp³-hybridized carbons (Fsp3) is 0.529. The monoisotopic (exact) mass is 416 g/mol. The summed E-state index contributed by atoms with van der Waals surface area (Å²) >= 11 is 3.36. The molecule has 7 nitrogen and oxygen atoms in total. The lowest BCUT2D eigenvalue weighted by molar-refractivity contribution is -0.163. The zero-order valence-electron chi connectivity index (χ0n) is 15.1. The number of hydrazine groups is 1. The van der Waals surface area contributed by atoms with Gasteiger partial charge in [-0.15, -0.1) is 0 Å². The average molecular weight is 417 g/mol. The van der Waals surface area contributed by atoms with Crippen molar-refractivity contribution in [1.82, 2.24) is 10.4 Å². The summed E-state index contributed by atoms with van der Waals surface area (Å²) in [6, 6.07) is 7.44. The lowest BCUT2D eigenvalue weighted by atomic mass is 10.1. The summed E-state index contributed by atoms with van der Waals surface area (Å²) in [4.78, 5) is 23.8. The molecule has 1 amide bonds. The van der Waals surface area contributed by atoms with Crippen LogP contribution in [0.2, 0.25) is 0 Å². The molecule has 1 atom stereocenters. The molecular formula is C17H25BrN2O5. The number of ether oxygens (including phenoxy) is 2. The maximum absolute atomic E-state index is 12.1. The van der Waals surface area contributed by atoms with E-state index in [1.54, 1.807) is 20.8 Å². The number of hydrogen-bond donors (Lipinski definition) is 2. The maximum Gasteiger partial charge on any atom is 0.422 e. The number of nitrogens with one attached hydrogen (secondary N) is 1. The van der Waals surface area contributed by atoms with Crippen molar-refractivity contribution in [2.24, 2.45) is 0 Å². The highest BCUT2D eigenvalue weighted by Crippen LogP contribution is 2.15. The molecule has 0 aliphatic heterocycles. The minimum atomic E-state index is -1.79.